The summed E-state index contributed by atoms with van der Waals surface area (Å²) in [5.41, 5.74) is 0.684. The number of likely N-dealkylation sites (tertiary alicyclic amines) is 2. The molecule has 1 N–H and O–H groups in total. The van der Waals surface area contributed by atoms with Crippen molar-refractivity contribution in [2.45, 2.75) is 24.7 Å². The highest BCUT2D eigenvalue weighted by Gasteiger charge is 2.30. The van der Waals surface area contributed by atoms with E-state index in [9.17, 15) is 22.3 Å². The molecular formula is C27H38F2N2O4S. The van der Waals surface area contributed by atoms with Crippen LogP contribution in [0.2, 0.25) is 0 Å². The zero-order chi connectivity index (χ0) is 37.1. The van der Waals surface area contributed by atoms with Gasteiger partial charge in [0.05, 0.1) is 18.3 Å². The van der Waals surface area contributed by atoms with E-state index >= 15 is 0 Å². The van der Waals surface area contributed by atoms with Crippen LogP contribution in [0.25, 0.3) is 0 Å². The van der Waals surface area contributed by atoms with Gasteiger partial charge >= 0.3 is 0 Å². The normalized spacial score (nSPS) is 37.1. The van der Waals surface area contributed by atoms with E-state index < -0.39 is 84.5 Å². The Morgan fingerprint density at radius 1 is 0.917 bits per heavy atom. The third-order valence-electron chi connectivity index (χ3n) is 5.63. The molecule has 2 saturated heterocycles. The van der Waals surface area contributed by atoms with Gasteiger partial charge in [0.25, 0.3) is 10.1 Å². The van der Waals surface area contributed by atoms with Crippen molar-refractivity contribution in [2.75, 3.05) is 59.5 Å². The monoisotopic (exact) mass is 536 g/mol. The molecule has 0 aliphatic carbocycles. The van der Waals surface area contributed by atoms with E-state index in [2.05, 4.69) is 4.18 Å². The van der Waals surface area contributed by atoms with Crippen molar-refractivity contribution in [3.8, 4) is 0 Å². The number of nitrogens with zero attached hydrogens (tertiary/aromatic N) is 2. The van der Waals surface area contributed by atoms with Gasteiger partial charge in [0.1, 0.15) is 11.6 Å². The topological polar surface area (TPSA) is 70.1 Å². The second kappa shape index (κ2) is 13.1. The SMILES string of the molecule is [2H]C([2H])(O)[C@H]1[C@H](c2ccc(F)cc2)CC([2H])([2H])N(C)C1([2H])[2H].[2H]C([2H])(OS(C)(=O)=O)[C@H]1[C@H](c2ccc(F)cc2)CC([2H])([2H])N(C)C1([2H])[2H]. The number of rotatable bonds is 6. The van der Waals surface area contributed by atoms with Crippen LogP contribution in [0.4, 0.5) is 8.78 Å². The highest BCUT2D eigenvalue weighted by atomic mass is 32.2. The summed E-state index contributed by atoms with van der Waals surface area (Å²) in [7, 11) is -1.87. The lowest BCUT2D eigenvalue weighted by molar-refractivity contribution is 0.118. The molecule has 2 heterocycles. The summed E-state index contributed by atoms with van der Waals surface area (Å²) in [6, 6.07) is 9.87. The van der Waals surface area contributed by atoms with Gasteiger partial charge in [-0.25, -0.2) is 8.78 Å². The van der Waals surface area contributed by atoms with Gasteiger partial charge in [-0.15, -0.1) is 0 Å². The Labute approximate surface area is 230 Å². The Bertz CT molecular complexity index is 1550. The van der Waals surface area contributed by atoms with E-state index in [-0.39, 0.29) is 12.8 Å². The summed E-state index contributed by atoms with van der Waals surface area (Å²) < 4.78 is 150. The molecule has 0 amide bonds. The number of benzene rings is 2. The minimum absolute atomic E-state index is 0.209. The molecule has 2 aromatic carbocycles. The van der Waals surface area contributed by atoms with Crippen LogP contribution in [0.3, 0.4) is 0 Å². The average Bonchev–Trinajstić information content (AvgIpc) is 2.88. The van der Waals surface area contributed by atoms with Crippen LogP contribution in [0.15, 0.2) is 48.5 Å². The summed E-state index contributed by atoms with van der Waals surface area (Å²) in [6.45, 7) is -15.0. The molecule has 2 fully saturated rings. The molecule has 200 valence electrons. The molecular weight excluding hydrogens is 486 g/mol. The highest BCUT2D eigenvalue weighted by molar-refractivity contribution is 7.85. The molecule has 2 aliphatic rings. The molecule has 4 atom stereocenters. The first kappa shape index (κ1) is 16.1. The lowest BCUT2D eigenvalue weighted by atomic mass is 9.81. The number of hydrogen-bond acceptors (Lipinski definition) is 6. The van der Waals surface area contributed by atoms with Crippen molar-refractivity contribution < 1.29 is 42.9 Å². The molecule has 6 nitrogen and oxygen atoms in total. The Balaban J connectivity index is 0.000000264. The molecule has 0 aromatic heterocycles. The minimum atomic E-state index is -4.25. The maximum atomic E-state index is 13.2. The van der Waals surface area contributed by atoms with E-state index in [1.165, 1.54) is 31.3 Å². The van der Waals surface area contributed by atoms with Crippen molar-refractivity contribution in [2.24, 2.45) is 11.8 Å². The fourth-order valence-corrected chi connectivity index (χ4v) is 4.08. The lowest BCUT2D eigenvalue weighted by Gasteiger charge is -2.36. The zero-order valence-corrected chi connectivity index (χ0v) is 20.9. The first-order valence-corrected chi connectivity index (χ1v) is 12.9. The molecule has 2 aromatic rings. The summed E-state index contributed by atoms with van der Waals surface area (Å²) in [6.07, 6.45) is 0.116. The summed E-state index contributed by atoms with van der Waals surface area (Å²) in [5, 5.41) is 9.82. The molecule has 9 heteroatoms. The first-order valence-electron chi connectivity index (χ1n) is 17.1. The fraction of sp³-hybridized carbons (Fsp3) is 0.556. The first-order chi connectivity index (χ1) is 21.4. The summed E-state index contributed by atoms with van der Waals surface area (Å²) in [5.74, 6) is -6.27. The third kappa shape index (κ3) is 8.59. The largest absolute Gasteiger partial charge is 0.396 e. The van der Waals surface area contributed by atoms with E-state index in [0.717, 1.165) is 41.1 Å². The molecule has 0 unspecified atom stereocenters. The van der Waals surface area contributed by atoms with E-state index in [1.54, 1.807) is 0 Å². The quantitative estimate of drug-likeness (QED) is 0.568. The summed E-state index contributed by atoms with van der Waals surface area (Å²) in [4.78, 5) is 1.53. The van der Waals surface area contributed by atoms with Crippen LogP contribution < -0.4 is 0 Å². The van der Waals surface area contributed by atoms with Crippen LogP contribution in [0, 0.1) is 23.5 Å². The van der Waals surface area contributed by atoms with Gasteiger partial charge in [0, 0.05) is 42.4 Å². The van der Waals surface area contributed by atoms with Gasteiger partial charge in [-0.3, -0.25) is 4.18 Å². The zero-order valence-electron chi connectivity index (χ0n) is 32.1. The van der Waals surface area contributed by atoms with Crippen LogP contribution in [-0.4, -0.2) is 82.8 Å². The highest BCUT2D eigenvalue weighted by Crippen LogP contribution is 2.34. The lowest BCUT2D eigenvalue weighted by Crippen LogP contribution is -2.39. The predicted octanol–water partition coefficient (Wildman–Crippen LogP) is 3.69. The Morgan fingerprint density at radius 3 is 1.75 bits per heavy atom. The van der Waals surface area contributed by atoms with Gasteiger partial charge in [0.2, 0.25) is 0 Å². The molecule has 0 radical (unpaired) electrons. The minimum Gasteiger partial charge on any atom is -0.396 e. The van der Waals surface area contributed by atoms with Crippen molar-refractivity contribution in [3.63, 3.8) is 0 Å². The maximum absolute atomic E-state index is 13.2. The van der Waals surface area contributed by atoms with Crippen LogP contribution in [0.1, 0.15) is 52.3 Å². The van der Waals surface area contributed by atoms with Crippen LogP contribution >= 0.6 is 0 Å². The fourth-order valence-electron chi connectivity index (χ4n) is 3.80. The van der Waals surface area contributed by atoms with Crippen molar-refractivity contribution in [3.05, 3.63) is 71.3 Å². The number of aliphatic hydroxyl groups is 1. The number of piperidine rings is 2. The maximum Gasteiger partial charge on any atom is 0.264 e. The molecule has 36 heavy (non-hydrogen) atoms. The van der Waals surface area contributed by atoms with Crippen molar-refractivity contribution in [1.82, 2.24) is 9.80 Å². The van der Waals surface area contributed by atoms with Gasteiger partial charge in [-0.05, 0) is 87.2 Å². The van der Waals surface area contributed by atoms with E-state index in [4.69, 9.17) is 16.4 Å². The van der Waals surface area contributed by atoms with Gasteiger partial charge in [-0.1, -0.05) is 24.3 Å². The van der Waals surface area contributed by atoms with Crippen molar-refractivity contribution in [1.29, 1.82) is 0 Å². The van der Waals surface area contributed by atoms with Gasteiger partial charge in [-0.2, -0.15) is 8.42 Å². The smallest absolute Gasteiger partial charge is 0.264 e. The Hall–Kier alpha value is -1.91. The average molecular weight is 537 g/mol. The second-order valence-electron chi connectivity index (χ2n) is 8.41. The molecule has 2 aliphatic heterocycles. The number of hydrogen-bond donors (Lipinski definition) is 1. The predicted molar refractivity (Wildman–Crippen MR) is 137 cm³/mol. The summed E-state index contributed by atoms with van der Waals surface area (Å²) >= 11 is 0. The van der Waals surface area contributed by atoms with E-state index in [0.29, 0.717) is 17.4 Å². The Kier molecular flexibility index (Phi) is 5.85. The van der Waals surface area contributed by atoms with Gasteiger partial charge in [0.15, 0.2) is 0 Å². The van der Waals surface area contributed by atoms with E-state index in [1.807, 2.05) is 0 Å². The van der Waals surface area contributed by atoms with Crippen molar-refractivity contribution >= 4 is 10.1 Å². The Morgan fingerprint density at radius 2 is 1.33 bits per heavy atom. The third-order valence-corrected chi connectivity index (χ3v) is 6.03. The second-order valence-corrected chi connectivity index (χ2v) is 9.98. The van der Waals surface area contributed by atoms with Crippen LogP contribution in [0.5, 0.6) is 0 Å². The molecule has 0 saturated carbocycles. The molecule has 4 rings (SSSR count). The standard InChI is InChI=1S/C14H20FNO3S.C13H18FNO/c1-16-8-7-14(11-3-5-13(15)6-4-11)12(9-16)10-19-20(2,17)18;1-15-7-6-13(11(8-15)9-16)10-2-4-12(14)5-3-10/h3-6,12,14H,7-10H2,1-2H3;2-5,11,13,16H,6-9H2,1H3/t12-,14-;11-,13-/m00/s1/i8D2,9D2,10D2;7D2,8D2,9D2. The van der Waals surface area contributed by atoms with Crippen LogP contribution in [-0.2, 0) is 14.3 Å². The molecule has 0 bridgehead atoms. The number of halogens is 2. The van der Waals surface area contributed by atoms with Gasteiger partial charge < -0.3 is 14.9 Å². The molecule has 0 spiro atoms.